The predicted octanol–water partition coefficient (Wildman–Crippen LogP) is 5.63. The molecule has 0 spiro atoms. The number of ether oxygens (including phenoxy) is 3. The number of imidazole rings is 1. The lowest BCUT2D eigenvalue weighted by Crippen LogP contribution is -2.20. The molecule has 2 N–H and O–H groups in total. The summed E-state index contributed by atoms with van der Waals surface area (Å²) in [5, 5.41) is 11.4. The van der Waals surface area contributed by atoms with Gasteiger partial charge < -0.3 is 29.5 Å². The van der Waals surface area contributed by atoms with Gasteiger partial charge in [0.05, 0.1) is 54.5 Å². The van der Waals surface area contributed by atoms with Crippen molar-refractivity contribution < 1.29 is 23.8 Å². The minimum Gasteiger partial charge on any atom is -0.492 e. The Labute approximate surface area is 244 Å². The van der Waals surface area contributed by atoms with E-state index in [2.05, 4.69) is 44.8 Å². The van der Waals surface area contributed by atoms with Gasteiger partial charge >= 0.3 is 5.97 Å². The smallest absolute Gasteiger partial charge is 0.311 e. The number of halogens is 1. The number of aromatic nitrogens is 2. The molecule has 9 nitrogen and oxygen atoms in total. The summed E-state index contributed by atoms with van der Waals surface area (Å²) in [5.74, 6) is 1.98. The number of hydrogen-bond donors (Lipinski definition) is 2. The van der Waals surface area contributed by atoms with Crippen LogP contribution in [0.2, 0.25) is 0 Å². The SMILES string of the molecule is COC(=O)CC(=N)C(=O)c1ccccc1NCc1nc2cc(Br)c(OCC3CC3)cc2n1COCCS(C)(C)C. The number of carbonyl (C=O) groups excluding carboxylic acids is 2. The number of nitrogens with zero attached hydrogens (tertiary/aromatic N) is 2. The van der Waals surface area contributed by atoms with E-state index in [1.165, 1.54) is 20.0 Å². The third-order valence-corrected chi connectivity index (χ3v) is 8.56. The van der Waals surface area contributed by atoms with Crippen molar-refractivity contribution in [3.63, 3.8) is 0 Å². The Kier molecular flexibility index (Phi) is 9.91. The number of ketones is 1. The van der Waals surface area contributed by atoms with Crippen LogP contribution in [-0.4, -0.2) is 71.9 Å². The van der Waals surface area contributed by atoms with Crippen molar-refractivity contribution in [3.8, 4) is 5.75 Å². The molecular formula is C29H37BrN4O5S. The molecule has 1 fully saturated rings. The van der Waals surface area contributed by atoms with Crippen molar-refractivity contribution >= 4 is 60.1 Å². The monoisotopic (exact) mass is 632 g/mol. The van der Waals surface area contributed by atoms with Crippen LogP contribution in [-0.2, 0) is 27.5 Å². The maximum atomic E-state index is 12.9. The van der Waals surface area contributed by atoms with E-state index in [-0.39, 0.29) is 12.1 Å². The molecule has 2 aromatic carbocycles. The van der Waals surface area contributed by atoms with Crippen LogP contribution < -0.4 is 10.1 Å². The van der Waals surface area contributed by atoms with E-state index in [1.807, 2.05) is 22.8 Å². The third kappa shape index (κ3) is 8.08. The van der Waals surface area contributed by atoms with Gasteiger partial charge in [-0.05, 0) is 71.7 Å². The van der Waals surface area contributed by atoms with Crippen LogP contribution in [0.1, 0.15) is 35.4 Å². The number of fused-ring (bicyclic) bond motifs is 1. The van der Waals surface area contributed by atoms with Gasteiger partial charge in [-0.25, -0.2) is 15.0 Å². The topological polar surface area (TPSA) is 116 Å². The first-order valence-corrected chi connectivity index (χ1v) is 16.9. The highest BCUT2D eigenvalue weighted by Crippen LogP contribution is 2.35. The lowest BCUT2D eigenvalue weighted by atomic mass is 10.0. The van der Waals surface area contributed by atoms with Gasteiger partial charge in [-0.2, -0.15) is 0 Å². The Morgan fingerprint density at radius 2 is 1.95 bits per heavy atom. The molecule has 0 saturated heterocycles. The summed E-state index contributed by atoms with van der Waals surface area (Å²) in [6.07, 6.45) is 8.84. The first kappa shape index (κ1) is 30.1. The Morgan fingerprint density at radius 3 is 2.65 bits per heavy atom. The zero-order valence-electron chi connectivity index (χ0n) is 23.4. The standard InChI is InChI=1S/C29H37BrN4O5S/c1-37-28(35)14-22(31)29(36)20-7-5-6-8-23(20)32-16-27-33-24-13-21(30)26(39-17-19-9-10-19)15-25(24)34(27)18-38-11-12-40(2,3)4/h5-8,13,15,19,31-32H,9-12,14,16-18H2,1-4H3. The number of esters is 1. The zero-order chi connectivity index (χ0) is 28.9. The van der Waals surface area contributed by atoms with Crippen molar-refractivity contribution in [1.29, 1.82) is 5.41 Å². The first-order chi connectivity index (χ1) is 19.1. The number of rotatable bonds is 15. The number of anilines is 1. The van der Waals surface area contributed by atoms with Gasteiger partial charge in [0.15, 0.2) is 0 Å². The summed E-state index contributed by atoms with van der Waals surface area (Å²) in [7, 11) is 0.550. The number of benzene rings is 2. The van der Waals surface area contributed by atoms with Gasteiger partial charge in [0.2, 0.25) is 5.78 Å². The number of Topliss-reactive ketones (excluding diaryl/α,β-unsaturated/α-hetero) is 1. The van der Waals surface area contributed by atoms with Gasteiger partial charge in [-0.1, -0.05) is 12.1 Å². The maximum absolute atomic E-state index is 12.9. The first-order valence-electron chi connectivity index (χ1n) is 13.1. The van der Waals surface area contributed by atoms with Gasteiger partial charge in [0, 0.05) is 23.1 Å². The van der Waals surface area contributed by atoms with Crippen molar-refractivity contribution in [1.82, 2.24) is 9.55 Å². The van der Waals surface area contributed by atoms with E-state index >= 15 is 0 Å². The highest BCUT2D eigenvalue weighted by molar-refractivity contribution is 9.10. The van der Waals surface area contributed by atoms with Crippen molar-refractivity contribution in [2.75, 3.05) is 50.2 Å². The molecule has 216 valence electrons. The molecule has 4 rings (SSSR count). The van der Waals surface area contributed by atoms with Crippen LogP contribution in [0, 0.1) is 11.3 Å². The van der Waals surface area contributed by atoms with Crippen molar-refractivity contribution in [3.05, 3.63) is 52.3 Å². The van der Waals surface area contributed by atoms with Crippen LogP contribution >= 0.6 is 26.0 Å². The summed E-state index contributed by atoms with van der Waals surface area (Å²) in [6, 6.07) is 10.9. The minimum absolute atomic E-state index is 0.307. The van der Waals surface area contributed by atoms with Gasteiger partial charge in [-0.3, -0.25) is 9.59 Å². The van der Waals surface area contributed by atoms with E-state index in [0.717, 1.165) is 32.8 Å². The zero-order valence-corrected chi connectivity index (χ0v) is 25.8. The molecule has 0 radical (unpaired) electrons. The van der Waals surface area contributed by atoms with Crippen LogP contribution in [0.15, 0.2) is 40.9 Å². The lowest BCUT2D eigenvalue weighted by Gasteiger charge is -2.24. The number of nitrogens with one attached hydrogen (secondary N) is 2. The predicted molar refractivity (Wildman–Crippen MR) is 164 cm³/mol. The number of methoxy groups -OCH3 is 1. The van der Waals surface area contributed by atoms with E-state index in [1.54, 1.807) is 18.2 Å². The minimum atomic E-state index is -0.682. The van der Waals surface area contributed by atoms with Gasteiger partial charge in [-0.15, -0.1) is 0 Å². The molecule has 1 saturated carbocycles. The molecule has 1 aliphatic carbocycles. The summed E-state index contributed by atoms with van der Waals surface area (Å²) in [4.78, 5) is 29.4. The van der Waals surface area contributed by atoms with Crippen LogP contribution in [0.5, 0.6) is 5.75 Å². The molecule has 0 amide bonds. The van der Waals surface area contributed by atoms with Crippen LogP contribution in [0.4, 0.5) is 5.69 Å². The molecule has 0 atom stereocenters. The molecule has 0 unspecified atom stereocenters. The second-order valence-electron chi connectivity index (χ2n) is 10.8. The second-order valence-corrected chi connectivity index (χ2v) is 16.2. The van der Waals surface area contributed by atoms with Crippen LogP contribution in [0.3, 0.4) is 0 Å². The molecule has 1 aliphatic rings. The van der Waals surface area contributed by atoms with E-state index in [0.29, 0.717) is 43.7 Å². The Bertz CT molecular complexity index is 1400. The normalized spacial score (nSPS) is 13.7. The highest BCUT2D eigenvalue weighted by atomic mass is 79.9. The summed E-state index contributed by atoms with van der Waals surface area (Å²) in [5.41, 5.74) is 2.23. The average Bonchev–Trinajstić information content (AvgIpc) is 3.69. The Balaban J connectivity index is 1.58. The Morgan fingerprint density at radius 1 is 1.20 bits per heavy atom. The van der Waals surface area contributed by atoms with E-state index in [4.69, 9.17) is 19.9 Å². The third-order valence-electron chi connectivity index (χ3n) is 6.54. The Hall–Kier alpha value is -2.89. The van der Waals surface area contributed by atoms with Gasteiger partial charge in [0.25, 0.3) is 0 Å². The molecule has 1 heterocycles. The molecule has 40 heavy (non-hydrogen) atoms. The van der Waals surface area contributed by atoms with Crippen molar-refractivity contribution in [2.24, 2.45) is 5.92 Å². The maximum Gasteiger partial charge on any atom is 0.311 e. The number of carbonyl (C=O) groups is 2. The van der Waals surface area contributed by atoms with E-state index < -0.39 is 21.8 Å². The second kappa shape index (κ2) is 13.2. The fourth-order valence-corrected chi connectivity index (χ4v) is 5.06. The fourth-order valence-electron chi connectivity index (χ4n) is 3.99. The highest BCUT2D eigenvalue weighted by Gasteiger charge is 2.23. The molecule has 3 aromatic rings. The molecule has 1 aromatic heterocycles. The lowest BCUT2D eigenvalue weighted by molar-refractivity contribution is -0.139. The average molecular weight is 634 g/mol. The fraction of sp³-hybridized carbons (Fsp3) is 0.448. The summed E-state index contributed by atoms with van der Waals surface area (Å²) >= 11 is 3.64. The largest absolute Gasteiger partial charge is 0.492 e. The number of para-hydroxylation sites is 1. The summed E-state index contributed by atoms with van der Waals surface area (Å²) < 4.78 is 19.7. The molecular weight excluding hydrogens is 596 g/mol. The quantitative estimate of drug-likeness (QED) is 0.0965. The summed E-state index contributed by atoms with van der Waals surface area (Å²) in [6.45, 7) is 1.99. The molecule has 11 heteroatoms. The van der Waals surface area contributed by atoms with Crippen molar-refractivity contribution in [2.45, 2.75) is 32.5 Å². The van der Waals surface area contributed by atoms with E-state index in [9.17, 15) is 9.59 Å². The van der Waals surface area contributed by atoms with Gasteiger partial charge in [0.1, 0.15) is 18.3 Å². The van der Waals surface area contributed by atoms with Crippen LogP contribution in [0.25, 0.3) is 11.0 Å². The molecule has 0 aliphatic heterocycles. The molecule has 0 bridgehead atoms. The number of hydrogen-bond acceptors (Lipinski definition) is 8.